The van der Waals surface area contributed by atoms with Gasteiger partial charge in [-0.15, -0.1) is 10.2 Å². The smallest absolute Gasteiger partial charge is 0.247 e. The summed E-state index contributed by atoms with van der Waals surface area (Å²) < 4.78 is 55.3. The van der Waals surface area contributed by atoms with Crippen molar-refractivity contribution in [2.75, 3.05) is 5.73 Å². The van der Waals surface area contributed by atoms with Gasteiger partial charge in [-0.3, -0.25) is 0 Å². The zero-order valence-corrected chi connectivity index (χ0v) is 12.0. The van der Waals surface area contributed by atoms with E-state index in [2.05, 4.69) is 14.9 Å². The number of halogens is 2. The van der Waals surface area contributed by atoms with Gasteiger partial charge in [0, 0.05) is 12.7 Å². The molecule has 0 amide bonds. The van der Waals surface area contributed by atoms with E-state index < -0.39 is 32.6 Å². The van der Waals surface area contributed by atoms with Crippen molar-refractivity contribution in [3.8, 4) is 0 Å². The first kappa shape index (κ1) is 15.3. The Morgan fingerprint density at radius 3 is 2.38 bits per heavy atom. The van der Waals surface area contributed by atoms with Gasteiger partial charge < -0.3 is 10.3 Å². The third-order valence-corrected chi connectivity index (χ3v) is 4.35. The van der Waals surface area contributed by atoms with Crippen LogP contribution in [-0.2, 0) is 17.1 Å². The first-order chi connectivity index (χ1) is 9.72. The number of nitrogens with two attached hydrogens (primary N) is 1. The minimum atomic E-state index is -4.42. The monoisotopic (exact) mass is 317 g/mol. The molecule has 0 bridgehead atoms. The highest BCUT2D eigenvalue weighted by molar-refractivity contribution is 7.89. The van der Waals surface area contributed by atoms with Gasteiger partial charge in [0.1, 0.15) is 23.8 Å². The van der Waals surface area contributed by atoms with Crippen LogP contribution in [0.4, 0.5) is 14.5 Å². The molecule has 2 aromatic rings. The maximum Gasteiger partial charge on any atom is 0.247 e. The number of aryl methyl sites for hydroxylation is 1. The van der Waals surface area contributed by atoms with Crippen molar-refractivity contribution in [1.29, 1.82) is 0 Å². The third kappa shape index (κ3) is 3.00. The van der Waals surface area contributed by atoms with Crippen LogP contribution in [0.3, 0.4) is 0 Å². The molecule has 0 radical (unpaired) electrons. The zero-order valence-electron chi connectivity index (χ0n) is 11.2. The molecular weight excluding hydrogens is 304 g/mol. The number of hydrogen-bond acceptors (Lipinski definition) is 5. The van der Waals surface area contributed by atoms with Gasteiger partial charge in [-0.1, -0.05) is 0 Å². The van der Waals surface area contributed by atoms with E-state index in [1.807, 2.05) is 0 Å². The molecule has 0 aliphatic carbocycles. The maximum absolute atomic E-state index is 13.7. The van der Waals surface area contributed by atoms with Crippen molar-refractivity contribution in [1.82, 2.24) is 19.5 Å². The van der Waals surface area contributed by atoms with Crippen LogP contribution in [0.5, 0.6) is 0 Å². The van der Waals surface area contributed by atoms with E-state index in [1.165, 1.54) is 17.8 Å². The number of nitrogens with one attached hydrogen (secondary N) is 1. The number of sulfonamides is 1. The molecule has 3 N–H and O–H groups in total. The number of nitrogens with zero attached hydrogens (tertiary/aromatic N) is 3. The number of anilines is 1. The molecule has 1 heterocycles. The molecule has 0 saturated carbocycles. The van der Waals surface area contributed by atoms with E-state index in [0.717, 1.165) is 12.1 Å². The molecule has 1 aromatic carbocycles. The third-order valence-electron chi connectivity index (χ3n) is 2.75. The lowest BCUT2D eigenvalue weighted by atomic mass is 10.3. The Bertz CT molecular complexity index is 752. The molecule has 0 saturated heterocycles. The highest BCUT2D eigenvalue weighted by atomic mass is 32.2. The Morgan fingerprint density at radius 2 is 1.90 bits per heavy atom. The second-order valence-electron chi connectivity index (χ2n) is 4.46. The molecule has 2 rings (SSSR count). The first-order valence-electron chi connectivity index (χ1n) is 5.83. The average molecular weight is 317 g/mol. The van der Waals surface area contributed by atoms with Gasteiger partial charge in [-0.05, 0) is 19.1 Å². The normalized spacial score (nSPS) is 13.3. The van der Waals surface area contributed by atoms with Crippen molar-refractivity contribution in [3.63, 3.8) is 0 Å². The summed E-state index contributed by atoms with van der Waals surface area (Å²) >= 11 is 0. The van der Waals surface area contributed by atoms with Gasteiger partial charge in [0.2, 0.25) is 10.0 Å². The summed E-state index contributed by atoms with van der Waals surface area (Å²) in [5, 5.41) is 7.34. The van der Waals surface area contributed by atoms with Gasteiger partial charge in [-0.25, -0.2) is 21.9 Å². The van der Waals surface area contributed by atoms with E-state index in [1.54, 1.807) is 7.05 Å². The minimum absolute atomic E-state index is 0.203. The standard InChI is InChI=1S/C11H13F2N5O2S/c1-6(11-16-15-5-18(11)2)17-21(19,20)10-8(12)3-7(14)4-9(10)13/h3-6,17H,14H2,1-2H3. The van der Waals surface area contributed by atoms with E-state index >= 15 is 0 Å². The highest BCUT2D eigenvalue weighted by Crippen LogP contribution is 2.23. The summed E-state index contributed by atoms with van der Waals surface area (Å²) in [6.07, 6.45) is 1.38. The highest BCUT2D eigenvalue weighted by Gasteiger charge is 2.27. The second-order valence-corrected chi connectivity index (χ2v) is 6.11. The lowest BCUT2D eigenvalue weighted by molar-refractivity contribution is 0.506. The van der Waals surface area contributed by atoms with Crippen LogP contribution in [0.2, 0.25) is 0 Å². The quantitative estimate of drug-likeness (QED) is 0.809. The first-order valence-corrected chi connectivity index (χ1v) is 7.31. The predicted molar refractivity (Wildman–Crippen MR) is 70.5 cm³/mol. The molecule has 7 nitrogen and oxygen atoms in total. The summed E-state index contributed by atoms with van der Waals surface area (Å²) in [7, 11) is -2.80. The van der Waals surface area contributed by atoms with Gasteiger partial charge >= 0.3 is 0 Å². The van der Waals surface area contributed by atoms with Crippen LogP contribution in [0.25, 0.3) is 0 Å². The summed E-state index contributed by atoms with van der Waals surface area (Å²) in [6.45, 7) is 1.48. The Morgan fingerprint density at radius 1 is 1.33 bits per heavy atom. The Labute approximate surface area is 119 Å². The molecule has 21 heavy (non-hydrogen) atoms. The van der Waals surface area contributed by atoms with E-state index in [4.69, 9.17) is 5.73 Å². The maximum atomic E-state index is 13.7. The number of hydrogen-bond donors (Lipinski definition) is 2. The fourth-order valence-corrected chi connectivity index (χ4v) is 3.18. The van der Waals surface area contributed by atoms with Gasteiger partial charge in [-0.2, -0.15) is 0 Å². The topological polar surface area (TPSA) is 103 Å². The van der Waals surface area contributed by atoms with Crippen molar-refractivity contribution in [3.05, 3.63) is 35.9 Å². The van der Waals surface area contributed by atoms with Crippen LogP contribution in [0.1, 0.15) is 18.8 Å². The second kappa shape index (κ2) is 5.37. The lowest BCUT2D eigenvalue weighted by Gasteiger charge is -2.14. The van der Waals surface area contributed by atoms with Crippen LogP contribution < -0.4 is 10.5 Å². The Kier molecular flexibility index (Phi) is 3.92. The summed E-state index contributed by atoms with van der Waals surface area (Å²) in [5.74, 6) is -2.22. The van der Waals surface area contributed by atoms with Crippen LogP contribution in [0, 0.1) is 11.6 Å². The van der Waals surface area contributed by atoms with Gasteiger partial charge in [0.25, 0.3) is 0 Å². The fourth-order valence-electron chi connectivity index (χ4n) is 1.86. The van der Waals surface area contributed by atoms with E-state index in [0.29, 0.717) is 5.82 Å². The lowest BCUT2D eigenvalue weighted by Crippen LogP contribution is -2.30. The van der Waals surface area contributed by atoms with Crippen molar-refractivity contribution in [2.45, 2.75) is 17.9 Å². The SMILES string of the molecule is CC(NS(=O)(=O)c1c(F)cc(N)cc1F)c1nncn1C. The molecule has 1 unspecified atom stereocenters. The molecule has 114 valence electrons. The predicted octanol–water partition coefficient (Wildman–Crippen LogP) is 0.715. The van der Waals surface area contributed by atoms with Crippen molar-refractivity contribution in [2.24, 2.45) is 7.05 Å². The Balaban J connectivity index is 2.38. The van der Waals surface area contributed by atoms with Crippen molar-refractivity contribution >= 4 is 15.7 Å². The molecule has 0 aliphatic rings. The number of aromatic nitrogens is 3. The van der Waals surface area contributed by atoms with Crippen LogP contribution >= 0.6 is 0 Å². The zero-order chi connectivity index (χ0) is 15.8. The van der Waals surface area contributed by atoms with E-state index in [9.17, 15) is 17.2 Å². The number of nitrogen functional groups attached to an aromatic ring is 1. The molecule has 0 spiro atoms. The molecule has 1 atom stereocenters. The largest absolute Gasteiger partial charge is 0.399 e. The van der Waals surface area contributed by atoms with Crippen molar-refractivity contribution < 1.29 is 17.2 Å². The van der Waals surface area contributed by atoms with Gasteiger partial charge in [0.05, 0.1) is 6.04 Å². The molecule has 0 fully saturated rings. The fraction of sp³-hybridized carbons (Fsp3) is 0.273. The summed E-state index contributed by atoms with van der Waals surface area (Å²) in [5.41, 5.74) is 5.05. The average Bonchev–Trinajstić information content (AvgIpc) is 2.72. The molecule has 10 heteroatoms. The molecule has 0 aliphatic heterocycles. The number of benzene rings is 1. The van der Waals surface area contributed by atoms with Gasteiger partial charge in [0.15, 0.2) is 4.90 Å². The van der Waals surface area contributed by atoms with Crippen LogP contribution in [-0.4, -0.2) is 23.2 Å². The molecular formula is C11H13F2N5O2S. The van der Waals surface area contributed by atoms with E-state index in [-0.39, 0.29) is 5.69 Å². The number of rotatable bonds is 4. The summed E-state index contributed by atoms with van der Waals surface area (Å²) in [6, 6.07) is 0.661. The summed E-state index contributed by atoms with van der Waals surface area (Å²) in [4.78, 5) is -1.08. The minimum Gasteiger partial charge on any atom is -0.399 e. The van der Waals surface area contributed by atoms with Crippen LogP contribution in [0.15, 0.2) is 23.4 Å². The Hall–Kier alpha value is -2.07. The molecule has 1 aromatic heterocycles.